The molecule has 0 spiro atoms. The number of nitrogens with one attached hydrogen (secondary N) is 1. The van der Waals surface area contributed by atoms with Gasteiger partial charge in [0, 0.05) is 32.2 Å². The van der Waals surface area contributed by atoms with Crippen molar-refractivity contribution < 1.29 is 9.47 Å². The number of guanidine groups is 1. The molecule has 1 aliphatic heterocycles. The van der Waals surface area contributed by atoms with E-state index in [4.69, 9.17) is 15.2 Å². The Hall–Kier alpha value is -0.810. The van der Waals surface area contributed by atoms with Gasteiger partial charge in [-0.25, -0.2) is 0 Å². The Morgan fingerprint density at radius 2 is 2.29 bits per heavy atom. The molecule has 2 atom stereocenters. The van der Waals surface area contributed by atoms with Gasteiger partial charge >= 0.3 is 0 Å². The number of methoxy groups -OCH3 is 1. The number of rotatable bonds is 4. The lowest BCUT2D eigenvalue weighted by molar-refractivity contribution is -0.0624. The fourth-order valence-electron chi connectivity index (χ4n) is 2.25. The van der Waals surface area contributed by atoms with Crippen LogP contribution >= 0.6 is 0 Å². The van der Waals surface area contributed by atoms with E-state index in [0.29, 0.717) is 24.5 Å². The van der Waals surface area contributed by atoms with E-state index in [-0.39, 0.29) is 6.10 Å². The minimum absolute atomic E-state index is 0.156. The second kappa shape index (κ2) is 6.21. The lowest BCUT2D eigenvalue weighted by atomic mass is 9.93. The van der Waals surface area contributed by atoms with Gasteiger partial charge in [0.05, 0.1) is 12.7 Å². The van der Waals surface area contributed by atoms with Crippen LogP contribution in [0.15, 0.2) is 4.99 Å². The first kappa shape index (κ1) is 12.6. The molecule has 0 aromatic rings. The van der Waals surface area contributed by atoms with Crippen LogP contribution in [-0.2, 0) is 9.47 Å². The highest BCUT2D eigenvalue weighted by atomic mass is 16.5. The number of hydrogen-bond donors (Lipinski definition) is 2. The van der Waals surface area contributed by atoms with Crippen LogP contribution in [0.5, 0.6) is 0 Å². The summed E-state index contributed by atoms with van der Waals surface area (Å²) in [6.45, 7) is 2.20. The summed E-state index contributed by atoms with van der Waals surface area (Å²) in [6.07, 6.45) is 4.89. The summed E-state index contributed by atoms with van der Waals surface area (Å²) < 4.78 is 10.8. The normalized spacial score (nSPS) is 31.0. The van der Waals surface area contributed by atoms with Gasteiger partial charge in [-0.2, -0.15) is 0 Å². The molecule has 2 rings (SSSR count). The fourth-order valence-corrected chi connectivity index (χ4v) is 2.25. The largest absolute Gasteiger partial charge is 0.379 e. The quantitative estimate of drug-likeness (QED) is 0.555. The maximum Gasteiger partial charge on any atom is 0.188 e. The summed E-state index contributed by atoms with van der Waals surface area (Å²) in [6, 6.07) is 0.548. The maximum absolute atomic E-state index is 5.85. The predicted molar refractivity (Wildman–Crippen MR) is 67.0 cm³/mol. The van der Waals surface area contributed by atoms with E-state index in [1.807, 2.05) is 0 Å². The summed E-state index contributed by atoms with van der Waals surface area (Å²) >= 11 is 0. The van der Waals surface area contributed by atoms with Crippen molar-refractivity contribution in [3.8, 4) is 0 Å². The van der Waals surface area contributed by atoms with Crippen LogP contribution in [0.2, 0.25) is 0 Å². The molecule has 1 saturated carbocycles. The van der Waals surface area contributed by atoms with E-state index >= 15 is 0 Å². The Morgan fingerprint density at radius 1 is 1.47 bits per heavy atom. The van der Waals surface area contributed by atoms with Gasteiger partial charge in [-0.05, 0) is 25.7 Å². The van der Waals surface area contributed by atoms with Gasteiger partial charge in [0.15, 0.2) is 5.96 Å². The monoisotopic (exact) mass is 241 g/mol. The van der Waals surface area contributed by atoms with Gasteiger partial charge in [0.2, 0.25) is 0 Å². The Kier molecular flexibility index (Phi) is 4.62. The molecule has 3 N–H and O–H groups in total. The second-order valence-corrected chi connectivity index (χ2v) is 4.90. The van der Waals surface area contributed by atoms with E-state index in [1.54, 1.807) is 7.11 Å². The van der Waals surface area contributed by atoms with E-state index in [2.05, 4.69) is 10.3 Å². The van der Waals surface area contributed by atoms with Crippen molar-refractivity contribution in [1.82, 2.24) is 5.32 Å². The molecule has 0 aromatic carbocycles. The smallest absolute Gasteiger partial charge is 0.188 e. The van der Waals surface area contributed by atoms with Crippen LogP contribution in [0.3, 0.4) is 0 Å². The van der Waals surface area contributed by atoms with Gasteiger partial charge in [0.25, 0.3) is 0 Å². The van der Waals surface area contributed by atoms with Crippen LogP contribution in [0.25, 0.3) is 0 Å². The molecule has 98 valence electrons. The molecule has 2 unspecified atom stereocenters. The Bertz CT molecular complexity index is 266. The van der Waals surface area contributed by atoms with E-state index in [9.17, 15) is 0 Å². The Balaban J connectivity index is 1.75. The third kappa shape index (κ3) is 3.57. The zero-order valence-electron chi connectivity index (χ0n) is 10.5. The zero-order chi connectivity index (χ0) is 12.1. The Morgan fingerprint density at radius 3 is 2.94 bits per heavy atom. The SMILES string of the molecule is COC1COCCC1CN=C(N)NC1CCC1. The molecule has 2 fully saturated rings. The standard InChI is InChI=1S/C12H23N3O2/c1-16-11-8-17-6-5-9(11)7-14-12(13)15-10-3-2-4-10/h9-11H,2-8H2,1H3,(H3,13,14,15). The fraction of sp³-hybridized carbons (Fsp3) is 0.917. The van der Waals surface area contributed by atoms with Crippen molar-refractivity contribution in [3.05, 3.63) is 0 Å². The molecule has 1 aliphatic carbocycles. The molecule has 5 heteroatoms. The topological polar surface area (TPSA) is 68.9 Å². The summed E-state index contributed by atoms with van der Waals surface area (Å²) in [4.78, 5) is 4.42. The van der Waals surface area contributed by atoms with Crippen LogP contribution in [-0.4, -0.2) is 45.0 Å². The highest BCUT2D eigenvalue weighted by Gasteiger charge is 2.25. The number of nitrogens with zero attached hydrogens (tertiary/aromatic N) is 1. The molecule has 2 aliphatic rings. The van der Waals surface area contributed by atoms with Crippen molar-refractivity contribution in [1.29, 1.82) is 0 Å². The van der Waals surface area contributed by atoms with Crippen LogP contribution < -0.4 is 11.1 Å². The zero-order valence-corrected chi connectivity index (χ0v) is 10.5. The molecule has 5 nitrogen and oxygen atoms in total. The molecular weight excluding hydrogens is 218 g/mol. The molecular formula is C12H23N3O2. The van der Waals surface area contributed by atoms with Crippen molar-refractivity contribution in [2.45, 2.75) is 37.8 Å². The van der Waals surface area contributed by atoms with Gasteiger partial charge in [0.1, 0.15) is 0 Å². The molecule has 0 aromatic heterocycles. The third-order valence-corrected chi connectivity index (χ3v) is 3.70. The van der Waals surface area contributed by atoms with Crippen LogP contribution in [0.4, 0.5) is 0 Å². The summed E-state index contributed by atoms with van der Waals surface area (Å²) in [5, 5.41) is 3.24. The minimum atomic E-state index is 0.156. The number of aliphatic imine (C=N–C) groups is 1. The van der Waals surface area contributed by atoms with E-state index < -0.39 is 0 Å². The van der Waals surface area contributed by atoms with E-state index in [1.165, 1.54) is 19.3 Å². The van der Waals surface area contributed by atoms with Crippen LogP contribution in [0, 0.1) is 5.92 Å². The molecule has 0 amide bonds. The Labute approximate surface area is 103 Å². The maximum atomic E-state index is 5.85. The summed E-state index contributed by atoms with van der Waals surface area (Å²) in [5.41, 5.74) is 5.85. The van der Waals surface area contributed by atoms with Crippen LogP contribution in [0.1, 0.15) is 25.7 Å². The second-order valence-electron chi connectivity index (χ2n) is 4.90. The molecule has 0 radical (unpaired) electrons. The first-order valence-electron chi connectivity index (χ1n) is 6.46. The lowest BCUT2D eigenvalue weighted by Gasteiger charge is -2.30. The highest BCUT2D eigenvalue weighted by Crippen LogP contribution is 2.19. The van der Waals surface area contributed by atoms with Gasteiger partial charge in [-0.3, -0.25) is 4.99 Å². The summed E-state index contributed by atoms with van der Waals surface area (Å²) in [5.74, 6) is 1.01. The lowest BCUT2D eigenvalue weighted by Crippen LogP contribution is -2.44. The molecule has 17 heavy (non-hydrogen) atoms. The van der Waals surface area contributed by atoms with Crippen molar-refractivity contribution in [3.63, 3.8) is 0 Å². The van der Waals surface area contributed by atoms with Gasteiger partial charge in [-0.1, -0.05) is 0 Å². The first-order chi connectivity index (χ1) is 8.29. The molecule has 0 bridgehead atoms. The van der Waals surface area contributed by atoms with E-state index in [0.717, 1.165) is 19.6 Å². The number of hydrogen-bond acceptors (Lipinski definition) is 3. The average molecular weight is 241 g/mol. The predicted octanol–water partition coefficient (Wildman–Crippen LogP) is 0.495. The van der Waals surface area contributed by atoms with Gasteiger partial charge < -0.3 is 20.5 Å². The molecule has 1 saturated heterocycles. The molecule has 1 heterocycles. The van der Waals surface area contributed by atoms with Crippen molar-refractivity contribution in [2.75, 3.05) is 26.9 Å². The van der Waals surface area contributed by atoms with Crippen molar-refractivity contribution in [2.24, 2.45) is 16.6 Å². The summed E-state index contributed by atoms with van der Waals surface area (Å²) in [7, 11) is 1.73. The first-order valence-corrected chi connectivity index (χ1v) is 6.46. The minimum Gasteiger partial charge on any atom is -0.379 e. The van der Waals surface area contributed by atoms with Gasteiger partial charge in [-0.15, -0.1) is 0 Å². The van der Waals surface area contributed by atoms with Crippen molar-refractivity contribution >= 4 is 5.96 Å². The average Bonchev–Trinajstić information content (AvgIpc) is 2.31. The number of nitrogens with two attached hydrogens (primary N) is 1. The highest BCUT2D eigenvalue weighted by molar-refractivity contribution is 5.78. The number of ether oxygens (including phenoxy) is 2. The third-order valence-electron chi connectivity index (χ3n) is 3.70.